The third kappa shape index (κ3) is 4.46. The zero-order valence-electron chi connectivity index (χ0n) is 17.8. The van der Waals surface area contributed by atoms with Gasteiger partial charge < -0.3 is 9.47 Å². The van der Waals surface area contributed by atoms with Gasteiger partial charge in [0.1, 0.15) is 0 Å². The monoisotopic (exact) mass is 478 g/mol. The quantitative estimate of drug-likeness (QED) is 0.450. The lowest BCUT2D eigenvalue weighted by Gasteiger charge is -2.60. The van der Waals surface area contributed by atoms with E-state index in [4.69, 9.17) is 9.47 Å². The summed E-state index contributed by atoms with van der Waals surface area (Å²) in [6, 6.07) is 5.01. The molecule has 0 aromatic heterocycles. The Bertz CT molecular complexity index is 813. The first kappa shape index (κ1) is 21.5. The molecule has 2 N–H and O–H groups in total. The van der Waals surface area contributed by atoms with E-state index in [1.165, 1.54) is 19.3 Å². The van der Waals surface area contributed by atoms with Gasteiger partial charge in [0.2, 0.25) is 5.91 Å². The van der Waals surface area contributed by atoms with Crippen molar-refractivity contribution in [2.24, 2.45) is 17.3 Å². The zero-order chi connectivity index (χ0) is 21.4. The van der Waals surface area contributed by atoms with Gasteiger partial charge in [-0.3, -0.25) is 20.4 Å². The van der Waals surface area contributed by atoms with E-state index in [1.54, 1.807) is 25.3 Å². The van der Waals surface area contributed by atoms with Crippen molar-refractivity contribution in [3.63, 3.8) is 0 Å². The van der Waals surface area contributed by atoms with Gasteiger partial charge in [-0.05, 0) is 80.4 Å². The highest BCUT2D eigenvalue weighted by Crippen LogP contribution is 2.65. The normalized spacial score (nSPS) is 31.3. The second kappa shape index (κ2) is 8.40. The molecule has 4 fully saturated rings. The molecule has 5 rings (SSSR count). The molecule has 0 aliphatic heterocycles. The van der Waals surface area contributed by atoms with E-state index in [0.29, 0.717) is 30.1 Å². The number of hydrogen-bond acceptors (Lipinski definition) is 4. The lowest BCUT2D eigenvalue weighted by Crippen LogP contribution is -2.54. The van der Waals surface area contributed by atoms with Crippen molar-refractivity contribution in [1.29, 1.82) is 0 Å². The highest BCUT2D eigenvalue weighted by atomic mass is 79.9. The highest BCUT2D eigenvalue weighted by molar-refractivity contribution is 9.10. The molecular weight excluding hydrogens is 448 g/mol. The van der Waals surface area contributed by atoms with Crippen LogP contribution in [0.25, 0.3) is 0 Å². The molecule has 2 unspecified atom stereocenters. The first-order chi connectivity index (χ1) is 14.3. The number of alkyl halides is 1. The van der Waals surface area contributed by atoms with Crippen molar-refractivity contribution >= 4 is 27.7 Å². The predicted octanol–water partition coefficient (Wildman–Crippen LogP) is 4.37. The van der Waals surface area contributed by atoms with Crippen LogP contribution in [0.5, 0.6) is 11.5 Å². The summed E-state index contributed by atoms with van der Waals surface area (Å²) >= 11 is 3.99. The molecule has 0 heterocycles. The number of benzene rings is 1. The number of hydrogen-bond donors (Lipinski definition) is 2. The molecule has 0 saturated heterocycles. The Labute approximate surface area is 186 Å². The number of methoxy groups -OCH3 is 1. The number of carbonyl (C=O) groups is 2. The molecule has 30 heavy (non-hydrogen) atoms. The van der Waals surface area contributed by atoms with Crippen LogP contribution in [0.4, 0.5) is 0 Å². The molecule has 6 nitrogen and oxygen atoms in total. The maximum absolute atomic E-state index is 12.7. The van der Waals surface area contributed by atoms with Crippen LogP contribution in [-0.2, 0) is 4.79 Å². The average Bonchev–Trinajstić information content (AvgIpc) is 2.68. The summed E-state index contributed by atoms with van der Waals surface area (Å²) in [5, 5.41) is 0. The van der Waals surface area contributed by atoms with Gasteiger partial charge in [-0.2, -0.15) is 0 Å². The Balaban J connectivity index is 1.33. The van der Waals surface area contributed by atoms with E-state index in [2.05, 4.69) is 26.8 Å². The van der Waals surface area contributed by atoms with E-state index >= 15 is 0 Å². The molecule has 0 spiro atoms. The predicted molar refractivity (Wildman–Crippen MR) is 118 cm³/mol. The number of rotatable bonds is 7. The van der Waals surface area contributed by atoms with Crippen LogP contribution in [0.3, 0.4) is 0 Å². The number of ether oxygens (including phenoxy) is 2. The van der Waals surface area contributed by atoms with Crippen molar-refractivity contribution in [3.05, 3.63) is 23.8 Å². The van der Waals surface area contributed by atoms with Crippen LogP contribution < -0.4 is 20.3 Å². The van der Waals surface area contributed by atoms with Gasteiger partial charge in [-0.25, -0.2) is 0 Å². The van der Waals surface area contributed by atoms with Crippen LogP contribution in [0, 0.1) is 17.3 Å². The van der Waals surface area contributed by atoms with Crippen molar-refractivity contribution < 1.29 is 19.1 Å². The van der Waals surface area contributed by atoms with Crippen LogP contribution >= 0.6 is 15.9 Å². The van der Waals surface area contributed by atoms with E-state index in [0.717, 1.165) is 37.5 Å². The second-order valence-corrected chi connectivity index (χ2v) is 11.2. The summed E-state index contributed by atoms with van der Waals surface area (Å²) in [4.78, 5) is 25.2. The molecule has 1 aromatic rings. The maximum Gasteiger partial charge on any atom is 0.269 e. The molecule has 4 saturated carbocycles. The van der Waals surface area contributed by atoms with E-state index in [9.17, 15) is 9.59 Å². The number of carbonyl (C=O) groups excluding carboxylic acids is 2. The summed E-state index contributed by atoms with van der Waals surface area (Å²) < 4.78 is 11.2. The highest BCUT2D eigenvalue weighted by Gasteiger charge is 2.57. The van der Waals surface area contributed by atoms with Gasteiger partial charge in [0, 0.05) is 16.3 Å². The van der Waals surface area contributed by atoms with E-state index in [-0.39, 0.29) is 21.6 Å². The minimum Gasteiger partial charge on any atom is -0.493 e. The van der Waals surface area contributed by atoms with Crippen molar-refractivity contribution in [1.82, 2.24) is 10.9 Å². The summed E-state index contributed by atoms with van der Waals surface area (Å²) in [6.07, 6.45) is 8.48. The molecule has 4 bridgehead atoms. The van der Waals surface area contributed by atoms with Crippen LogP contribution in [-0.4, -0.2) is 29.9 Å². The fraction of sp³-hybridized carbons (Fsp3) is 0.652. The molecular formula is C23H31BrN2O4. The fourth-order valence-electron chi connectivity index (χ4n) is 6.27. The minimum absolute atomic E-state index is 0.0733. The van der Waals surface area contributed by atoms with Gasteiger partial charge in [0.15, 0.2) is 11.5 Å². The van der Waals surface area contributed by atoms with Gasteiger partial charge in [-0.15, -0.1) is 0 Å². The van der Waals surface area contributed by atoms with Crippen LogP contribution in [0.15, 0.2) is 18.2 Å². The zero-order valence-corrected chi connectivity index (χ0v) is 19.3. The van der Waals surface area contributed by atoms with Gasteiger partial charge in [-0.1, -0.05) is 22.9 Å². The Hall–Kier alpha value is -1.76. The Morgan fingerprint density at radius 1 is 1.13 bits per heavy atom. The Morgan fingerprint density at radius 3 is 2.50 bits per heavy atom. The summed E-state index contributed by atoms with van der Waals surface area (Å²) in [5.74, 6) is 2.08. The Kier molecular flexibility index (Phi) is 6.02. The smallest absolute Gasteiger partial charge is 0.269 e. The number of amides is 2. The molecule has 7 heteroatoms. The molecule has 4 aliphatic rings. The third-order valence-corrected chi connectivity index (χ3v) is 7.78. The van der Waals surface area contributed by atoms with Gasteiger partial charge in [0.05, 0.1) is 13.7 Å². The molecule has 164 valence electrons. The van der Waals surface area contributed by atoms with Crippen molar-refractivity contribution in [2.75, 3.05) is 13.7 Å². The Morgan fingerprint density at radius 2 is 1.87 bits per heavy atom. The molecule has 1 aromatic carbocycles. The molecule has 4 aliphatic carbocycles. The fourth-order valence-corrected chi connectivity index (χ4v) is 7.78. The minimum atomic E-state index is -0.369. The first-order valence-electron chi connectivity index (χ1n) is 10.9. The number of halogens is 1. The number of nitrogens with one attached hydrogen (secondary N) is 2. The number of hydrazine groups is 1. The van der Waals surface area contributed by atoms with Gasteiger partial charge >= 0.3 is 0 Å². The van der Waals surface area contributed by atoms with Crippen LogP contribution in [0.1, 0.15) is 68.6 Å². The molecule has 0 radical (unpaired) electrons. The lowest BCUT2D eigenvalue weighted by atomic mass is 9.48. The van der Waals surface area contributed by atoms with Crippen LogP contribution in [0.2, 0.25) is 0 Å². The molecule has 2 amide bonds. The second-order valence-electron chi connectivity index (χ2n) is 9.51. The standard InChI is InChI=1S/C23H31BrN2O4/c1-3-6-30-18-5-4-17(8-19(18)29-2)21(28)26-25-20(27)13-22-9-15-7-16(10-22)12-23(24,11-15)14-22/h4-5,8,15-16H,3,6-7,9-14H2,1-2H3,(H,25,27)(H,26,28). The summed E-state index contributed by atoms with van der Waals surface area (Å²) in [5.41, 5.74) is 5.67. The summed E-state index contributed by atoms with van der Waals surface area (Å²) in [6.45, 7) is 2.61. The first-order valence-corrected chi connectivity index (χ1v) is 11.7. The maximum atomic E-state index is 12.7. The largest absolute Gasteiger partial charge is 0.493 e. The topological polar surface area (TPSA) is 76.7 Å². The van der Waals surface area contributed by atoms with Crippen molar-refractivity contribution in [2.45, 2.75) is 62.6 Å². The van der Waals surface area contributed by atoms with Gasteiger partial charge in [0.25, 0.3) is 5.91 Å². The third-order valence-electron chi connectivity index (χ3n) is 6.85. The lowest BCUT2D eigenvalue weighted by molar-refractivity contribution is -0.128. The molecule has 2 atom stereocenters. The summed E-state index contributed by atoms with van der Waals surface area (Å²) in [7, 11) is 1.54. The van der Waals surface area contributed by atoms with E-state index in [1.807, 2.05) is 6.92 Å². The average molecular weight is 479 g/mol. The van der Waals surface area contributed by atoms with Crippen molar-refractivity contribution in [3.8, 4) is 11.5 Å². The van der Waals surface area contributed by atoms with E-state index < -0.39 is 0 Å². The SMILES string of the molecule is CCCOc1ccc(C(=O)NNC(=O)CC23CC4CC(CC(Br)(C4)C2)C3)cc1OC.